The zero-order valence-corrected chi connectivity index (χ0v) is 11.9. The lowest BCUT2D eigenvalue weighted by molar-refractivity contribution is 0.252. The fraction of sp³-hybridized carbons (Fsp3) is 0.667. The maximum Gasteiger partial charge on any atom is 0.0931 e. The first kappa shape index (κ1) is 14.0. The normalized spacial score (nSPS) is 13.3. The SMILES string of the molecule is CCC(C)N(C)CCNCc1ccc(Cl)s1. The number of hydrogen-bond acceptors (Lipinski definition) is 3. The molecule has 0 amide bonds. The lowest BCUT2D eigenvalue weighted by atomic mass is 10.2. The summed E-state index contributed by atoms with van der Waals surface area (Å²) in [5, 5.41) is 3.43. The molecular weight excluding hydrogens is 240 g/mol. The summed E-state index contributed by atoms with van der Waals surface area (Å²) in [5.41, 5.74) is 0. The number of halogens is 1. The van der Waals surface area contributed by atoms with E-state index < -0.39 is 0 Å². The van der Waals surface area contributed by atoms with Crippen LogP contribution < -0.4 is 5.32 Å². The molecule has 92 valence electrons. The third kappa shape index (κ3) is 4.83. The lowest BCUT2D eigenvalue weighted by Gasteiger charge is -2.23. The molecule has 1 unspecified atom stereocenters. The van der Waals surface area contributed by atoms with E-state index in [2.05, 4.69) is 37.2 Å². The van der Waals surface area contributed by atoms with E-state index in [0.29, 0.717) is 6.04 Å². The zero-order valence-electron chi connectivity index (χ0n) is 10.3. The Morgan fingerprint density at radius 2 is 2.25 bits per heavy atom. The van der Waals surface area contributed by atoms with Gasteiger partial charge in [0.15, 0.2) is 0 Å². The maximum absolute atomic E-state index is 5.87. The van der Waals surface area contributed by atoms with E-state index in [1.165, 1.54) is 11.3 Å². The van der Waals surface area contributed by atoms with Gasteiger partial charge >= 0.3 is 0 Å². The van der Waals surface area contributed by atoms with Gasteiger partial charge in [-0.15, -0.1) is 11.3 Å². The van der Waals surface area contributed by atoms with Gasteiger partial charge in [-0.1, -0.05) is 18.5 Å². The summed E-state index contributed by atoms with van der Waals surface area (Å²) in [4.78, 5) is 3.69. The minimum absolute atomic E-state index is 0.665. The fourth-order valence-corrected chi connectivity index (χ4v) is 2.50. The van der Waals surface area contributed by atoms with E-state index in [9.17, 15) is 0 Å². The highest BCUT2D eigenvalue weighted by Gasteiger charge is 2.05. The van der Waals surface area contributed by atoms with E-state index in [0.717, 1.165) is 24.0 Å². The van der Waals surface area contributed by atoms with Crippen molar-refractivity contribution in [3.63, 3.8) is 0 Å². The molecule has 1 aromatic heterocycles. The standard InChI is InChI=1S/C12H21ClN2S/c1-4-10(2)15(3)8-7-14-9-11-5-6-12(13)16-11/h5-6,10,14H,4,7-9H2,1-3H3. The Bertz CT molecular complexity index is 301. The van der Waals surface area contributed by atoms with Gasteiger partial charge in [0.05, 0.1) is 4.34 Å². The highest BCUT2D eigenvalue weighted by molar-refractivity contribution is 7.16. The van der Waals surface area contributed by atoms with Gasteiger partial charge in [0.2, 0.25) is 0 Å². The molecule has 0 saturated carbocycles. The molecule has 0 fully saturated rings. The van der Waals surface area contributed by atoms with Gasteiger partial charge < -0.3 is 10.2 Å². The lowest BCUT2D eigenvalue weighted by Crippen LogP contribution is -2.34. The van der Waals surface area contributed by atoms with Crippen LogP contribution in [-0.4, -0.2) is 31.1 Å². The Kier molecular flexibility index (Phi) is 6.36. The molecule has 1 heterocycles. The van der Waals surface area contributed by atoms with E-state index in [-0.39, 0.29) is 0 Å². The summed E-state index contributed by atoms with van der Waals surface area (Å²) in [6.45, 7) is 7.53. The average molecular weight is 261 g/mol. The van der Waals surface area contributed by atoms with E-state index >= 15 is 0 Å². The van der Waals surface area contributed by atoms with Crippen LogP contribution in [0.15, 0.2) is 12.1 Å². The summed E-state index contributed by atoms with van der Waals surface area (Å²) >= 11 is 7.51. The van der Waals surface area contributed by atoms with Crippen LogP contribution in [-0.2, 0) is 6.54 Å². The molecule has 16 heavy (non-hydrogen) atoms. The fourth-order valence-electron chi connectivity index (χ4n) is 1.45. The minimum atomic E-state index is 0.665. The molecule has 0 saturated heterocycles. The van der Waals surface area contributed by atoms with Gasteiger partial charge in [0.25, 0.3) is 0 Å². The Labute approximate surface area is 108 Å². The van der Waals surface area contributed by atoms with E-state index in [1.54, 1.807) is 11.3 Å². The Balaban J connectivity index is 2.12. The van der Waals surface area contributed by atoms with Crippen molar-refractivity contribution in [2.45, 2.75) is 32.9 Å². The molecule has 0 aliphatic rings. The molecule has 0 spiro atoms. The first-order valence-electron chi connectivity index (χ1n) is 5.78. The van der Waals surface area contributed by atoms with Gasteiger partial charge in [0, 0.05) is 30.6 Å². The second-order valence-electron chi connectivity index (χ2n) is 4.12. The van der Waals surface area contributed by atoms with Crippen LogP contribution >= 0.6 is 22.9 Å². The Hall–Kier alpha value is -0.0900. The number of nitrogens with zero attached hydrogens (tertiary/aromatic N) is 1. The largest absolute Gasteiger partial charge is 0.311 e. The zero-order chi connectivity index (χ0) is 12.0. The molecule has 0 bridgehead atoms. The van der Waals surface area contributed by atoms with Crippen LogP contribution in [0.25, 0.3) is 0 Å². The highest BCUT2D eigenvalue weighted by atomic mass is 35.5. The first-order valence-corrected chi connectivity index (χ1v) is 6.98. The second-order valence-corrected chi connectivity index (χ2v) is 5.92. The van der Waals surface area contributed by atoms with Crippen LogP contribution in [0.1, 0.15) is 25.1 Å². The molecule has 0 aliphatic carbocycles. The minimum Gasteiger partial charge on any atom is -0.311 e. The monoisotopic (exact) mass is 260 g/mol. The molecule has 4 heteroatoms. The van der Waals surface area contributed by atoms with Gasteiger partial charge in [-0.3, -0.25) is 0 Å². The summed E-state index contributed by atoms with van der Waals surface area (Å²) in [7, 11) is 2.18. The number of nitrogens with one attached hydrogen (secondary N) is 1. The van der Waals surface area contributed by atoms with Crippen molar-refractivity contribution in [2.24, 2.45) is 0 Å². The van der Waals surface area contributed by atoms with Crippen LogP contribution in [0.4, 0.5) is 0 Å². The van der Waals surface area contributed by atoms with Crippen LogP contribution in [0, 0.1) is 0 Å². The van der Waals surface area contributed by atoms with E-state index in [1.807, 2.05) is 6.07 Å². The quantitative estimate of drug-likeness (QED) is 0.758. The van der Waals surface area contributed by atoms with Gasteiger partial charge in [-0.05, 0) is 32.5 Å². The smallest absolute Gasteiger partial charge is 0.0931 e. The van der Waals surface area contributed by atoms with Gasteiger partial charge in [-0.25, -0.2) is 0 Å². The summed E-state index contributed by atoms with van der Waals surface area (Å²) in [5.74, 6) is 0. The van der Waals surface area contributed by atoms with Crippen LogP contribution in [0.2, 0.25) is 4.34 Å². The van der Waals surface area contributed by atoms with Crippen molar-refractivity contribution in [2.75, 3.05) is 20.1 Å². The molecule has 1 rings (SSSR count). The number of likely N-dealkylation sites (N-methyl/N-ethyl adjacent to an activating group) is 1. The Morgan fingerprint density at radius 1 is 1.50 bits per heavy atom. The molecule has 0 aliphatic heterocycles. The topological polar surface area (TPSA) is 15.3 Å². The predicted molar refractivity (Wildman–Crippen MR) is 73.4 cm³/mol. The van der Waals surface area contributed by atoms with Crippen molar-refractivity contribution in [3.05, 3.63) is 21.3 Å². The Morgan fingerprint density at radius 3 is 2.81 bits per heavy atom. The average Bonchev–Trinajstić information content (AvgIpc) is 2.69. The number of rotatable bonds is 7. The van der Waals surface area contributed by atoms with Crippen LogP contribution in [0.3, 0.4) is 0 Å². The third-order valence-corrected chi connectivity index (χ3v) is 4.14. The predicted octanol–water partition coefficient (Wildman–Crippen LogP) is 3.22. The van der Waals surface area contributed by atoms with Crippen molar-refractivity contribution in [1.82, 2.24) is 10.2 Å². The van der Waals surface area contributed by atoms with Crippen molar-refractivity contribution < 1.29 is 0 Å². The molecule has 1 aromatic rings. The molecule has 0 aromatic carbocycles. The number of thiophene rings is 1. The molecular formula is C12H21ClN2S. The highest BCUT2D eigenvalue weighted by Crippen LogP contribution is 2.20. The van der Waals surface area contributed by atoms with E-state index in [4.69, 9.17) is 11.6 Å². The second kappa shape index (κ2) is 7.28. The maximum atomic E-state index is 5.87. The summed E-state index contributed by atoms with van der Waals surface area (Å²) in [6.07, 6.45) is 1.21. The van der Waals surface area contributed by atoms with Crippen molar-refractivity contribution >= 4 is 22.9 Å². The molecule has 2 nitrogen and oxygen atoms in total. The van der Waals surface area contributed by atoms with Crippen molar-refractivity contribution in [1.29, 1.82) is 0 Å². The third-order valence-electron chi connectivity index (χ3n) is 2.91. The summed E-state index contributed by atoms with van der Waals surface area (Å²) < 4.78 is 0.869. The van der Waals surface area contributed by atoms with Gasteiger partial charge in [0.1, 0.15) is 0 Å². The molecule has 0 radical (unpaired) electrons. The van der Waals surface area contributed by atoms with Gasteiger partial charge in [-0.2, -0.15) is 0 Å². The van der Waals surface area contributed by atoms with Crippen molar-refractivity contribution in [3.8, 4) is 0 Å². The molecule has 1 N–H and O–H groups in total. The summed E-state index contributed by atoms with van der Waals surface area (Å²) in [6, 6.07) is 4.70. The first-order chi connectivity index (χ1) is 7.63. The molecule has 1 atom stereocenters. The number of hydrogen-bond donors (Lipinski definition) is 1. The van der Waals surface area contributed by atoms with Crippen LogP contribution in [0.5, 0.6) is 0 Å².